The van der Waals surface area contributed by atoms with Gasteiger partial charge in [0.1, 0.15) is 11.9 Å². The van der Waals surface area contributed by atoms with Gasteiger partial charge in [-0.1, -0.05) is 23.7 Å². The molecule has 1 saturated heterocycles. The zero-order valence-corrected chi connectivity index (χ0v) is 21.4. The highest BCUT2D eigenvalue weighted by Gasteiger charge is 2.37. The predicted octanol–water partition coefficient (Wildman–Crippen LogP) is 3.01. The van der Waals surface area contributed by atoms with Crippen molar-refractivity contribution in [2.24, 2.45) is 0 Å². The van der Waals surface area contributed by atoms with Gasteiger partial charge < -0.3 is 15.1 Å². The number of carbonyl (C=O) groups is 2. The van der Waals surface area contributed by atoms with E-state index in [2.05, 4.69) is 10.0 Å². The van der Waals surface area contributed by atoms with Crippen LogP contribution in [0.15, 0.2) is 59.5 Å². The van der Waals surface area contributed by atoms with Crippen LogP contribution in [0.2, 0.25) is 5.02 Å². The summed E-state index contributed by atoms with van der Waals surface area (Å²) in [5.41, 5.74) is 0.162. The number of amides is 2. The van der Waals surface area contributed by atoms with Crippen LogP contribution in [-0.4, -0.2) is 64.9 Å². The van der Waals surface area contributed by atoms with Gasteiger partial charge in [-0.25, -0.2) is 12.8 Å². The molecule has 190 valence electrons. The van der Waals surface area contributed by atoms with Gasteiger partial charge >= 0.3 is 0 Å². The Kier molecular flexibility index (Phi) is 7.60. The minimum absolute atomic E-state index is 0.00119. The molecule has 1 heterocycles. The van der Waals surface area contributed by atoms with Gasteiger partial charge in [0.25, 0.3) is 5.91 Å². The Labute approximate surface area is 214 Å². The Hall–Kier alpha value is -3.05. The van der Waals surface area contributed by atoms with E-state index in [-0.39, 0.29) is 35.0 Å². The number of benzene rings is 3. The predicted molar refractivity (Wildman–Crippen MR) is 137 cm³/mol. The number of likely N-dealkylation sites (N-methyl/N-ethyl adjacent to an activating group) is 2. The van der Waals surface area contributed by atoms with Crippen LogP contribution in [0.1, 0.15) is 16.8 Å². The quantitative estimate of drug-likeness (QED) is 0.465. The maximum atomic E-state index is 14.9. The van der Waals surface area contributed by atoms with Crippen molar-refractivity contribution in [2.45, 2.75) is 17.4 Å². The molecular weight excluding hydrogens is 507 g/mol. The molecule has 0 radical (unpaired) electrons. The largest absolute Gasteiger partial charge is 0.340 e. The van der Waals surface area contributed by atoms with E-state index in [1.807, 2.05) is 0 Å². The number of rotatable bonds is 8. The summed E-state index contributed by atoms with van der Waals surface area (Å²) >= 11 is 5.99. The molecule has 3 aromatic rings. The second-order valence-corrected chi connectivity index (χ2v) is 10.8. The van der Waals surface area contributed by atoms with Crippen LogP contribution in [0.25, 0.3) is 10.8 Å². The first-order valence-corrected chi connectivity index (χ1v) is 13.2. The summed E-state index contributed by atoms with van der Waals surface area (Å²) < 4.78 is 43.3. The van der Waals surface area contributed by atoms with Crippen molar-refractivity contribution in [3.8, 4) is 0 Å². The van der Waals surface area contributed by atoms with Gasteiger partial charge in [-0.05, 0) is 66.7 Å². The molecule has 8 nitrogen and oxygen atoms in total. The molecule has 2 N–H and O–H groups in total. The lowest BCUT2D eigenvalue weighted by Gasteiger charge is -2.20. The van der Waals surface area contributed by atoms with Gasteiger partial charge in [0, 0.05) is 37.3 Å². The van der Waals surface area contributed by atoms with E-state index in [1.54, 1.807) is 38.4 Å². The van der Waals surface area contributed by atoms with Crippen LogP contribution in [0.5, 0.6) is 0 Å². The molecule has 1 fully saturated rings. The van der Waals surface area contributed by atoms with E-state index in [4.69, 9.17) is 11.6 Å². The van der Waals surface area contributed by atoms with E-state index in [9.17, 15) is 22.4 Å². The fourth-order valence-corrected chi connectivity index (χ4v) is 5.55. The summed E-state index contributed by atoms with van der Waals surface area (Å²) in [6, 6.07) is 12.6. The summed E-state index contributed by atoms with van der Waals surface area (Å²) in [4.78, 5) is 28.2. The van der Waals surface area contributed by atoms with Crippen LogP contribution in [0.3, 0.4) is 0 Å². The normalized spacial score (nSPS) is 16.1. The standard InChI is InChI=1S/C25H26ClFN4O4S/c1-28-10-12-30(2)24(32)18-5-8-23(21(27)15-18)31-11-9-22(25(31)33)29-36(34,35)20-7-4-16-13-19(26)6-3-17(16)14-20/h3-8,13-15,22,28-29H,9-12H2,1-2H3. The summed E-state index contributed by atoms with van der Waals surface area (Å²) in [7, 11) is -0.618. The monoisotopic (exact) mass is 532 g/mol. The Bertz CT molecular complexity index is 1430. The van der Waals surface area contributed by atoms with Gasteiger partial charge in [0.15, 0.2) is 0 Å². The van der Waals surface area contributed by atoms with Gasteiger partial charge in [-0.15, -0.1) is 0 Å². The Morgan fingerprint density at radius 3 is 2.58 bits per heavy atom. The zero-order chi connectivity index (χ0) is 26.0. The molecule has 2 amide bonds. The second kappa shape index (κ2) is 10.5. The second-order valence-electron chi connectivity index (χ2n) is 8.60. The highest BCUT2D eigenvalue weighted by atomic mass is 35.5. The molecule has 1 aliphatic heterocycles. The van der Waals surface area contributed by atoms with Crippen LogP contribution < -0.4 is 14.9 Å². The third-order valence-corrected chi connectivity index (χ3v) is 7.82. The molecule has 36 heavy (non-hydrogen) atoms. The van der Waals surface area contributed by atoms with Gasteiger partial charge in [-0.2, -0.15) is 4.72 Å². The number of halogens is 2. The molecule has 1 aliphatic rings. The van der Waals surface area contributed by atoms with Crippen molar-refractivity contribution >= 4 is 49.9 Å². The first-order valence-electron chi connectivity index (χ1n) is 11.3. The van der Waals surface area contributed by atoms with Gasteiger partial charge in [0.2, 0.25) is 15.9 Å². The number of hydrogen-bond acceptors (Lipinski definition) is 5. The fraction of sp³-hybridized carbons (Fsp3) is 0.280. The molecule has 0 saturated carbocycles. The first-order chi connectivity index (χ1) is 17.1. The summed E-state index contributed by atoms with van der Waals surface area (Å²) in [5, 5.41) is 4.96. The number of sulfonamides is 1. The van der Waals surface area contributed by atoms with E-state index >= 15 is 0 Å². The van der Waals surface area contributed by atoms with E-state index < -0.39 is 27.8 Å². The van der Waals surface area contributed by atoms with Crippen LogP contribution in [0.4, 0.5) is 10.1 Å². The smallest absolute Gasteiger partial charge is 0.253 e. The zero-order valence-electron chi connectivity index (χ0n) is 19.8. The van der Waals surface area contributed by atoms with Gasteiger partial charge in [0.05, 0.1) is 10.6 Å². The molecule has 4 rings (SSSR count). The minimum atomic E-state index is -4.01. The molecule has 0 aliphatic carbocycles. The third-order valence-electron chi connectivity index (χ3n) is 6.12. The number of carbonyl (C=O) groups excluding carboxylic acids is 2. The average Bonchev–Trinajstić information content (AvgIpc) is 3.20. The SMILES string of the molecule is CNCCN(C)C(=O)c1ccc(N2CCC(NS(=O)(=O)c3ccc4cc(Cl)ccc4c3)C2=O)c(F)c1. The highest BCUT2D eigenvalue weighted by molar-refractivity contribution is 7.89. The Balaban J connectivity index is 1.48. The Morgan fingerprint density at radius 2 is 1.86 bits per heavy atom. The molecule has 0 spiro atoms. The lowest BCUT2D eigenvalue weighted by Crippen LogP contribution is -2.41. The molecule has 1 unspecified atom stereocenters. The minimum Gasteiger partial charge on any atom is -0.340 e. The van der Waals surface area contributed by atoms with E-state index in [1.165, 1.54) is 34.1 Å². The molecule has 1 atom stereocenters. The number of nitrogens with zero attached hydrogens (tertiary/aromatic N) is 2. The maximum Gasteiger partial charge on any atom is 0.253 e. The fourth-order valence-electron chi connectivity index (χ4n) is 4.11. The lowest BCUT2D eigenvalue weighted by molar-refractivity contribution is -0.118. The molecule has 11 heteroatoms. The van der Waals surface area contributed by atoms with Crippen molar-refractivity contribution in [1.29, 1.82) is 0 Å². The molecule has 0 aromatic heterocycles. The van der Waals surface area contributed by atoms with Crippen molar-refractivity contribution in [1.82, 2.24) is 14.9 Å². The average molecular weight is 533 g/mol. The molecular formula is C25H26ClFN4O4S. The van der Waals surface area contributed by atoms with E-state index in [0.717, 1.165) is 11.5 Å². The van der Waals surface area contributed by atoms with Crippen LogP contribution in [0, 0.1) is 5.82 Å². The molecule has 3 aromatic carbocycles. The molecule has 0 bridgehead atoms. The lowest BCUT2D eigenvalue weighted by atomic mass is 10.1. The number of nitrogens with one attached hydrogen (secondary N) is 2. The van der Waals surface area contributed by atoms with Crippen LogP contribution in [-0.2, 0) is 14.8 Å². The van der Waals surface area contributed by atoms with Crippen molar-refractivity contribution in [3.63, 3.8) is 0 Å². The van der Waals surface area contributed by atoms with Crippen molar-refractivity contribution in [3.05, 3.63) is 71.0 Å². The third kappa shape index (κ3) is 5.36. The van der Waals surface area contributed by atoms with Gasteiger partial charge in [-0.3, -0.25) is 9.59 Å². The van der Waals surface area contributed by atoms with Crippen molar-refractivity contribution in [2.75, 3.05) is 38.6 Å². The van der Waals surface area contributed by atoms with Crippen molar-refractivity contribution < 1.29 is 22.4 Å². The van der Waals surface area contributed by atoms with Crippen LogP contribution >= 0.6 is 11.6 Å². The number of anilines is 1. The number of fused-ring (bicyclic) bond motifs is 1. The summed E-state index contributed by atoms with van der Waals surface area (Å²) in [6.45, 7) is 1.18. The Morgan fingerprint density at radius 1 is 1.14 bits per heavy atom. The number of hydrogen-bond donors (Lipinski definition) is 2. The topological polar surface area (TPSA) is 98.8 Å². The van der Waals surface area contributed by atoms with E-state index in [0.29, 0.717) is 23.5 Å². The summed E-state index contributed by atoms with van der Waals surface area (Å²) in [6.07, 6.45) is 0.175. The maximum absolute atomic E-state index is 14.9. The first kappa shape index (κ1) is 26.0. The highest BCUT2D eigenvalue weighted by Crippen LogP contribution is 2.28. The summed E-state index contributed by atoms with van der Waals surface area (Å²) in [5.74, 6) is -1.63.